The van der Waals surface area contributed by atoms with Crippen molar-refractivity contribution in [1.29, 1.82) is 0 Å². The summed E-state index contributed by atoms with van der Waals surface area (Å²) in [7, 11) is 0. The zero-order valence-corrected chi connectivity index (χ0v) is 22.7. The normalized spacial score (nSPS) is 18.1. The van der Waals surface area contributed by atoms with Crippen molar-refractivity contribution in [3.05, 3.63) is 89.7 Å². The van der Waals surface area contributed by atoms with Gasteiger partial charge in [-0.3, -0.25) is 19.6 Å². The molecule has 0 aliphatic carbocycles. The van der Waals surface area contributed by atoms with Gasteiger partial charge in [-0.15, -0.1) is 0 Å². The Kier molecular flexibility index (Phi) is 9.29. The number of aliphatic carboxylic acids is 1. The molecular weight excluding hydrogens is 564 g/mol. The van der Waals surface area contributed by atoms with Crippen molar-refractivity contribution in [1.82, 2.24) is 14.8 Å². The van der Waals surface area contributed by atoms with Crippen molar-refractivity contribution in [3.8, 4) is 11.1 Å². The van der Waals surface area contributed by atoms with Crippen LogP contribution in [0, 0.1) is 5.92 Å². The number of piperazine rings is 1. The minimum absolute atomic E-state index is 0.0140. The van der Waals surface area contributed by atoms with Gasteiger partial charge in [0.2, 0.25) is 0 Å². The first-order chi connectivity index (χ1) is 19.7. The molecule has 2 heterocycles. The van der Waals surface area contributed by atoms with Crippen LogP contribution in [0.15, 0.2) is 73.1 Å². The van der Waals surface area contributed by atoms with Crippen LogP contribution in [0.2, 0.25) is 0 Å². The van der Waals surface area contributed by atoms with Gasteiger partial charge in [0.15, 0.2) is 0 Å². The summed E-state index contributed by atoms with van der Waals surface area (Å²) in [5.41, 5.74) is -3.28. The molecule has 1 fully saturated rings. The van der Waals surface area contributed by atoms with Crippen LogP contribution >= 0.6 is 0 Å². The van der Waals surface area contributed by atoms with Crippen molar-refractivity contribution >= 4 is 5.97 Å². The van der Waals surface area contributed by atoms with Gasteiger partial charge in [0.05, 0.1) is 5.92 Å². The van der Waals surface area contributed by atoms with Crippen LogP contribution in [-0.2, 0) is 23.5 Å². The van der Waals surface area contributed by atoms with Crippen LogP contribution in [0.4, 0.5) is 26.3 Å². The second-order valence-corrected chi connectivity index (χ2v) is 10.7. The van der Waals surface area contributed by atoms with Crippen LogP contribution in [0.5, 0.6) is 0 Å². The molecule has 3 aromatic rings. The Labute approximate surface area is 239 Å². The Bertz CT molecular complexity index is 1320. The van der Waals surface area contributed by atoms with E-state index < -0.39 is 35.4 Å². The lowest BCUT2D eigenvalue weighted by atomic mass is 9.90. The molecule has 0 bridgehead atoms. The molecule has 0 radical (unpaired) electrons. The van der Waals surface area contributed by atoms with Gasteiger partial charge in [-0.1, -0.05) is 55.5 Å². The smallest absolute Gasteiger partial charge is 0.430 e. The first-order valence-corrected chi connectivity index (χ1v) is 13.3. The third-order valence-electron chi connectivity index (χ3n) is 7.69. The highest BCUT2D eigenvalue weighted by Crippen LogP contribution is 2.50. The molecule has 1 aliphatic rings. The number of rotatable bonds is 9. The van der Waals surface area contributed by atoms with Gasteiger partial charge < -0.3 is 10.2 Å². The van der Waals surface area contributed by atoms with Gasteiger partial charge >= 0.3 is 18.3 Å². The fourth-order valence-corrected chi connectivity index (χ4v) is 5.22. The molecule has 0 spiro atoms. The molecule has 226 valence electrons. The number of alkyl halides is 6. The largest absolute Gasteiger partial charge is 0.481 e. The van der Waals surface area contributed by atoms with Crippen LogP contribution in [-0.4, -0.2) is 69.0 Å². The van der Waals surface area contributed by atoms with E-state index in [-0.39, 0.29) is 6.04 Å². The lowest BCUT2D eigenvalue weighted by Crippen LogP contribution is -2.53. The van der Waals surface area contributed by atoms with Crippen molar-refractivity contribution < 1.29 is 41.4 Å². The third-order valence-corrected chi connectivity index (χ3v) is 7.69. The Morgan fingerprint density at radius 2 is 1.38 bits per heavy atom. The molecule has 1 aromatic heterocycles. The lowest BCUT2D eigenvalue weighted by molar-refractivity contribution is -0.376. The molecule has 2 N–H and O–H groups in total. The summed E-state index contributed by atoms with van der Waals surface area (Å²) in [5.74, 6) is -1.39. The zero-order valence-electron chi connectivity index (χ0n) is 22.7. The number of carboxylic acids is 1. The summed E-state index contributed by atoms with van der Waals surface area (Å²) in [6.07, 6.45) is -7.95. The topological polar surface area (TPSA) is 76.9 Å². The van der Waals surface area contributed by atoms with Crippen LogP contribution in [0.1, 0.15) is 30.0 Å². The van der Waals surface area contributed by atoms with Crippen LogP contribution in [0.3, 0.4) is 0 Å². The van der Waals surface area contributed by atoms with Crippen LogP contribution in [0.25, 0.3) is 11.1 Å². The van der Waals surface area contributed by atoms with Crippen LogP contribution < -0.4 is 0 Å². The van der Waals surface area contributed by atoms with E-state index in [4.69, 9.17) is 0 Å². The number of aromatic nitrogens is 1. The minimum Gasteiger partial charge on any atom is -0.481 e. The highest BCUT2D eigenvalue weighted by atomic mass is 19.4. The summed E-state index contributed by atoms with van der Waals surface area (Å²) in [4.78, 5) is 20.2. The number of nitrogens with zero attached hydrogens (tertiary/aromatic N) is 3. The standard InChI is InChI=1S/C30H31F6N3O3/c1-20(27(40)41)16-26-19-38(17-22-10-12-37-13-11-22)14-15-39(26)18-21-2-4-23(5-3-21)24-6-8-25(9-7-24)28(42,29(31,32)33)30(34,35)36/h2-13,20,26,42H,14-19H2,1H3,(H,40,41). The number of aliphatic hydroxyl groups is 1. The maximum atomic E-state index is 13.2. The van der Waals surface area contributed by atoms with Crippen molar-refractivity contribution in [3.63, 3.8) is 0 Å². The number of hydrogen-bond acceptors (Lipinski definition) is 5. The van der Waals surface area contributed by atoms with Gasteiger partial charge in [0.25, 0.3) is 5.60 Å². The van der Waals surface area contributed by atoms with E-state index in [0.29, 0.717) is 49.3 Å². The predicted molar refractivity (Wildman–Crippen MR) is 143 cm³/mol. The van der Waals surface area contributed by atoms with Crippen molar-refractivity contribution in [2.24, 2.45) is 5.92 Å². The summed E-state index contributed by atoms with van der Waals surface area (Å²) in [5, 5.41) is 19.1. The van der Waals surface area contributed by atoms with E-state index in [1.54, 1.807) is 31.5 Å². The van der Waals surface area contributed by atoms with Gasteiger partial charge in [-0.2, -0.15) is 26.3 Å². The summed E-state index contributed by atoms with van der Waals surface area (Å²) in [6, 6.07) is 14.5. The SMILES string of the molecule is CC(CC1CN(Cc2ccncc2)CCN1Cc1ccc(-c2ccc(C(O)(C(F)(F)F)C(F)(F)F)cc2)cc1)C(=O)O. The minimum atomic E-state index is -5.95. The van der Waals surface area contributed by atoms with E-state index in [1.807, 2.05) is 24.3 Å². The molecule has 2 atom stereocenters. The quantitative estimate of drug-likeness (QED) is 0.302. The average molecular weight is 596 g/mol. The highest BCUT2D eigenvalue weighted by Gasteiger charge is 2.71. The first kappa shape index (κ1) is 31.5. The van der Waals surface area contributed by atoms with E-state index in [9.17, 15) is 41.4 Å². The Hall–Kier alpha value is -3.48. The molecule has 12 heteroatoms. The third kappa shape index (κ3) is 6.93. The molecule has 6 nitrogen and oxygen atoms in total. The summed E-state index contributed by atoms with van der Waals surface area (Å²) >= 11 is 0. The first-order valence-electron chi connectivity index (χ1n) is 13.3. The molecule has 2 unspecified atom stereocenters. The molecule has 1 aliphatic heterocycles. The Balaban J connectivity index is 1.47. The molecule has 4 rings (SSSR count). The van der Waals surface area contributed by atoms with Gasteiger partial charge in [-0.05, 0) is 40.8 Å². The second kappa shape index (κ2) is 12.4. The molecule has 42 heavy (non-hydrogen) atoms. The van der Waals surface area contributed by atoms with E-state index >= 15 is 0 Å². The molecular formula is C30H31F6N3O3. The average Bonchev–Trinajstić information content (AvgIpc) is 2.94. The highest BCUT2D eigenvalue weighted by molar-refractivity contribution is 5.69. The summed E-state index contributed by atoms with van der Waals surface area (Å²) in [6.45, 7) is 5.15. The molecule has 0 saturated carbocycles. The monoisotopic (exact) mass is 595 g/mol. The number of carbonyl (C=O) groups is 1. The number of benzene rings is 2. The fraction of sp³-hybridized carbons (Fsp3) is 0.400. The molecule has 0 amide bonds. The van der Waals surface area contributed by atoms with Crippen molar-refractivity contribution in [2.75, 3.05) is 19.6 Å². The second-order valence-electron chi connectivity index (χ2n) is 10.7. The number of hydrogen-bond donors (Lipinski definition) is 2. The van der Waals surface area contributed by atoms with Gasteiger partial charge in [-0.25, -0.2) is 0 Å². The molecule has 2 aromatic carbocycles. The lowest BCUT2D eigenvalue weighted by Gasteiger charge is -2.42. The van der Waals surface area contributed by atoms with Crippen molar-refractivity contribution in [2.45, 2.75) is 50.4 Å². The maximum Gasteiger partial charge on any atom is 0.430 e. The fourth-order valence-electron chi connectivity index (χ4n) is 5.22. The zero-order chi connectivity index (χ0) is 30.7. The number of carboxylic acid groups (broad SMARTS) is 1. The van der Waals surface area contributed by atoms with E-state index in [0.717, 1.165) is 36.3 Å². The Morgan fingerprint density at radius 3 is 1.90 bits per heavy atom. The van der Waals surface area contributed by atoms with E-state index in [1.165, 1.54) is 0 Å². The summed E-state index contributed by atoms with van der Waals surface area (Å²) < 4.78 is 79.2. The number of pyridine rings is 1. The Morgan fingerprint density at radius 1 is 0.857 bits per heavy atom. The van der Waals surface area contributed by atoms with Gasteiger partial charge in [0, 0.05) is 56.7 Å². The predicted octanol–water partition coefficient (Wildman–Crippen LogP) is 5.86. The molecule has 1 saturated heterocycles. The number of halogens is 6. The maximum absolute atomic E-state index is 13.2. The van der Waals surface area contributed by atoms with Gasteiger partial charge in [0.1, 0.15) is 0 Å². The van der Waals surface area contributed by atoms with E-state index in [2.05, 4.69) is 14.8 Å².